The second-order valence-corrected chi connectivity index (χ2v) is 3.66. The number of nitrogens with one attached hydrogen (secondary N) is 1. The molecule has 2 heteroatoms. The summed E-state index contributed by atoms with van der Waals surface area (Å²) in [5.41, 5.74) is 2.59. The fraction of sp³-hybridized carbons (Fsp3) is 0.500. The second kappa shape index (κ2) is 5.78. The van der Waals surface area contributed by atoms with Crippen molar-refractivity contribution >= 4 is 0 Å². The van der Waals surface area contributed by atoms with Gasteiger partial charge in [-0.3, -0.25) is 0 Å². The summed E-state index contributed by atoms with van der Waals surface area (Å²) >= 11 is 0. The van der Waals surface area contributed by atoms with Crippen molar-refractivity contribution in [3.63, 3.8) is 0 Å². The van der Waals surface area contributed by atoms with Crippen LogP contribution in [0.15, 0.2) is 24.3 Å². The fourth-order valence-corrected chi connectivity index (χ4v) is 1.37. The molecule has 0 aliphatic rings. The van der Waals surface area contributed by atoms with Gasteiger partial charge in [0, 0.05) is 12.6 Å². The molecule has 2 N–H and O–H groups in total. The van der Waals surface area contributed by atoms with Crippen LogP contribution in [0.3, 0.4) is 0 Å². The van der Waals surface area contributed by atoms with E-state index in [1.807, 2.05) is 0 Å². The molecule has 1 unspecified atom stereocenters. The average molecular weight is 193 g/mol. The van der Waals surface area contributed by atoms with Crippen molar-refractivity contribution < 1.29 is 5.11 Å². The van der Waals surface area contributed by atoms with Gasteiger partial charge in [-0.25, -0.2) is 0 Å². The zero-order valence-corrected chi connectivity index (χ0v) is 8.96. The number of aliphatic hydroxyl groups is 1. The quantitative estimate of drug-likeness (QED) is 0.701. The minimum atomic E-state index is 0.258. The van der Waals surface area contributed by atoms with Crippen LogP contribution < -0.4 is 5.32 Å². The van der Waals surface area contributed by atoms with Crippen molar-refractivity contribution in [3.05, 3.63) is 35.4 Å². The highest BCUT2D eigenvalue weighted by atomic mass is 16.3. The van der Waals surface area contributed by atoms with Gasteiger partial charge in [-0.2, -0.15) is 0 Å². The summed E-state index contributed by atoms with van der Waals surface area (Å²) in [6.07, 6.45) is 0.816. The van der Waals surface area contributed by atoms with Gasteiger partial charge in [0.15, 0.2) is 0 Å². The first-order valence-electron chi connectivity index (χ1n) is 5.15. The predicted octanol–water partition coefficient (Wildman–Crippen LogP) is 2.03. The van der Waals surface area contributed by atoms with Gasteiger partial charge in [0.05, 0.1) is 0 Å². The Morgan fingerprint density at radius 2 is 1.93 bits per heavy atom. The Kier molecular flexibility index (Phi) is 4.63. The number of hydrogen-bond donors (Lipinski definition) is 2. The number of aryl methyl sites for hydroxylation is 1. The van der Waals surface area contributed by atoms with E-state index in [2.05, 4.69) is 43.4 Å². The van der Waals surface area contributed by atoms with E-state index >= 15 is 0 Å². The zero-order chi connectivity index (χ0) is 10.4. The van der Waals surface area contributed by atoms with Crippen molar-refractivity contribution in [1.82, 2.24) is 5.32 Å². The van der Waals surface area contributed by atoms with Gasteiger partial charge < -0.3 is 10.4 Å². The highest BCUT2D eigenvalue weighted by molar-refractivity contribution is 5.23. The van der Waals surface area contributed by atoms with Crippen molar-refractivity contribution in [3.8, 4) is 0 Å². The molecule has 0 aromatic heterocycles. The van der Waals surface area contributed by atoms with Gasteiger partial charge in [-0.1, -0.05) is 29.8 Å². The van der Waals surface area contributed by atoms with E-state index in [0.29, 0.717) is 6.04 Å². The highest BCUT2D eigenvalue weighted by Gasteiger charge is 2.02. The normalized spacial score (nSPS) is 12.8. The first-order chi connectivity index (χ1) is 6.74. The molecular weight excluding hydrogens is 174 g/mol. The molecule has 1 atom stereocenters. The van der Waals surface area contributed by atoms with Crippen molar-refractivity contribution in [2.45, 2.75) is 26.3 Å². The Morgan fingerprint density at radius 1 is 1.29 bits per heavy atom. The van der Waals surface area contributed by atoms with Crippen LogP contribution in [0.2, 0.25) is 0 Å². The molecule has 14 heavy (non-hydrogen) atoms. The molecule has 0 saturated heterocycles. The summed E-state index contributed by atoms with van der Waals surface area (Å²) < 4.78 is 0. The lowest BCUT2D eigenvalue weighted by atomic mass is 10.1. The van der Waals surface area contributed by atoms with Crippen LogP contribution in [-0.4, -0.2) is 18.3 Å². The van der Waals surface area contributed by atoms with Crippen molar-refractivity contribution in [2.75, 3.05) is 13.2 Å². The van der Waals surface area contributed by atoms with Gasteiger partial charge in [0.1, 0.15) is 0 Å². The maximum atomic E-state index is 8.65. The SMILES string of the molecule is Cc1ccc(C(C)NCCCO)cc1. The molecule has 0 radical (unpaired) electrons. The standard InChI is InChI=1S/C12H19NO/c1-10-4-6-12(7-5-10)11(2)13-8-3-9-14/h4-7,11,13-14H,3,8-9H2,1-2H3. The molecule has 0 fully saturated rings. The van der Waals surface area contributed by atoms with E-state index in [1.165, 1.54) is 11.1 Å². The summed E-state index contributed by atoms with van der Waals surface area (Å²) in [7, 11) is 0. The molecule has 1 aromatic carbocycles. The third kappa shape index (κ3) is 3.48. The Morgan fingerprint density at radius 3 is 2.50 bits per heavy atom. The minimum absolute atomic E-state index is 0.258. The monoisotopic (exact) mass is 193 g/mol. The molecule has 0 saturated carbocycles. The van der Waals surface area contributed by atoms with E-state index in [4.69, 9.17) is 5.11 Å². The molecule has 1 aromatic rings. The van der Waals surface area contributed by atoms with Crippen LogP contribution in [0, 0.1) is 6.92 Å². The fourth-order valence-electron chi connectivity index (χ4n) is 1.37. The lowest BCUT2D eigenvalue weighted by Gasteiger charge is -2.13. The molecule has 1 rings (SSSR count). The first kappa shape index (κ1) is 11.2. The number of hydrogen-bond acceptors (Lipinski definition) is 2. The summed E-state index contributed by atoms with van der Waals surface area (Å²) in [6.45, 7) is 5.36. The predicted molar refractivity (Wildman–Crippen MR) is 59.3 cm³/mol. The van der Waals surface area contributed by atoms with Gasteiger partial charge in [-0.05, 0) is 32.4 Å². The third-order valence-corrected chi connectivity index (χ3v) is 2.36. The highest BCUT2D eigenvalue weighted by Crippen LogP contribution is 2.12. The van der Waals surface area contributed by atoms with Crippen LogP contribution in [0.4, 0.5) is 0 Å². The van der Waals surface area contributed by atoms with Crippen molar-refractivity contribution in [2.24, 2.45) is 0 Å². The number of aliphatic hydroxyl groups excluding tert-OH is 1. The maximum absolute atomic E-state index is 8.65. The number of rotatable bonds is 5. The Hall–Kier alpha value is -0.860. The van der Waals surface area contributed by atoms with Gasteiger partial charge in [0.25, 0.3) is 0 Å². The smallest absolute Gasteiger partial charge is 0.0443 e. The van der Waals surface area contributed by atoms with Crippen LogP contribution in [0.1, 0.15) is 30.5 Å². The van der Waals surface area contributed by atoms with E-state index < -0.39 is 0 Å². The molecule has 0 spiro atoms. The zero-order valence-electron chi connectivity index (χ0n) is 8.96. The van der Waals surface area contributed by atoms with Gasteiger partial charge >= 0.3 is 0 Å². The third-order valence-electron chi connectivity index (χ3n) is 2.36. The van der Waals surface area contributed by atoms with E-state index in [9.17, 15) is 0 Å². The topological polar surface area (TPSA) is 32.3 Å². The number of benzene rings is 1. The Labute approximate surface area is 86.0 Å². The molecule has 0 heterocycles. The van der Waals surface area contributed by atoms with Crippen LogP contribution in [0.5, 0.6) is 0 Å². The summed E-state index contributed by atoms with van der Waals surface area (Å²) in [5.74, 6) is 0. The average Bonchev–Trinajstić information content (AvgIpc) is 2.19. The lowest BCUT2D eigenvalue weighted by Crippen LogP contribution is -2.20. The van der Waals surface area contributed by atoms with Crippen LogP contribution in [-0.2, 0) is 0 Å². The lowest BCUT2D eigenvalue weighted by molar-refractivity contribution is 0.284. The summed E-state index contributed by atoms with van der Waals surface area (Å²) in [6, 6.07) is 8.90. The second-order valence-electron chi connectivity index (χ2n) is 3.66. The van der Waals surface area contributed by atoms with Crippen molar-refractivity contribution in [1.29, 1.82) is 0 Å². The maximum Gasteiger partial charge on any atom is 0.0443 e. The van der Waals surface area contributed by atoms with E-state index in [1.54, 1.807) is 0 Å². The molecule has 0 amide bonds. The Balaban J connectivity index is 2.43. The summed E-state index contributed by atoms with van der Waals surface area (Å²) in [4.78, 5) is 0. The van der Waals surface area contributed by atoms with Gasteiger partial charge in [-0.15, -0.1) is 0 Å². The largest absolute Gasteiger partial charge is 0.396 e. The van der Waals surface area contributed by atoms with Crippen LogP contribution in [0.25, 0.3) is 0 Å². The molecule has 0 aliphatic heterocycles. The molecule has 0 aliphatic carbocycles. The molecule has 2 nitrogen and oxygen atoms in total. The van der Waals surface area contributed by atoms with Crippen LogP contribution >= 0.6 is 0 Å². The molecule has 78 valence electrons. The molecule has 0 bridgehead atoms. The first-order valence-corrected chi connectivity index (χ1v) is 5.15. The summed E-state index contributed by atoms with van der Waals surface area (Å²) in [5, 5.41) is 12.0. The van der Waals surface area contributed by atoms with Gasteiger partial charge in [0.2, 0.25) is 0 Å². The van der Waals surface area contributed by atoms with E-state index in [0.717, 1.165) is 13.0 Å². The minimum Gasteiger partial charge on any atom is -0.396 e. The Bertz CT molecular complexity index is 256. The molecular formula is C12H19NO. The van der Waals surface area contributed by atoms with E-state index in [-0.39, 0.29) is 6.61 Å².